The lowest BCUT2D eigenvalue weighted by Crippen LogP contribution is -1.99. The van der Waals surface area contributed by atoms with E-state index in [9.17, 15) is 5.11 Å². The molecule has 0 saturated heterocycles. The van der Waals surface area contributed by atoms with Crippen LogP contribution in [0.15, 0.2) is 18.2 Å². The fourth-order valence-corrected chi connectivity index (χ4v) is 2.95. The lowest BCUT2D eigenvalue weighted by atomic mass is 10.1. The van der Waals surface area contributed by atoms with Gasteiger partial charge in [-0.3, -0.25) is 0 Å². The quantitative estimate of drug-likeness (QED) is 0.372. The lowest BCUT2D eigenvalue weighted by molar-refractivity contribution is 0.278. The smallest absolute Gasteiger partial charge is 0.203 e. The third-order valence-corrected chi connectivity index (χ3v) is 4.42. The van der Waals surface area contributed by atoms with Gasteiger partial charge in [-0.15, -0.1) is 0 Å². The van der Waals surface area contributed by atoms with Gasteiger partial charge >= 0.3 is 0 Å². The molecule has 1 aromatic carbocycles. The first-order chi connectivity index (χ1) is 11.8. The maximum absolute atomic E-state index is 9.69. The van der Waals surface area contributed by atoms with Gasteiger partial charge in [0.25, 0.3) is 0 Å². The van der Waals surface area contributed by atoms with E-state index < -0.39 is 0 Å². The van der Waals surface area contributed by atoms with Gasteiger partial charge in [0.2, 0.25) is 5.75 Å². The number of hydrogen-bond acceptors (Lipinski definition) is 3. The molecule has 0 radical (unpaired) electrons. The highest BCUT2D eigenvalue weighted by molar-refractivity contribution is 5.50. The molecule has 138 valence electrons. The van der Waals surface area contributed by atoms with E-state index in [0.717, 1.165) is 6.42 Å². The molecule has 0 saturated carbocycles. The highest BCUT2D eigenvalue weighted by Crippen LogP contribution is 2.35. The predicted octanol–water partition coefficient (Wildman–Crippen LogP) is 6.48. The van der Waals surface area contributed by atoms with Crippen molar-refractivity contribution in [3.8, 4) is 17.2 Å². The molecule has 0 atom stereocenters. The van der Waals surface area contributed by atoms with Gasteiger partial charge in [0.1, 0.15) is 0 Å². The molecule has 0 unspecified atom stereocenters. The van der Waals surface area contributed by atoms with Crippen molar-refractivity contribution in [3.63, 3.8) is 0 Å². The molecule has 1 aromatic rings. The Morgan fingerprint density at radius 2 is 1.33 bits per heavy atom. The summed E-state index contributed by atoms with van der Waals surface area (Å²) in [6, 6.07) is 5.21. The van der Waals surface area contributed by atoms with Crippen LogP contribution in [0.2, 0.25) is 0 Å². The minimum Gasteiger partial charge on any atom is -0.504 e. The summed E-state index contributed by atoms with van der Waals surface area (Å²) in [5, 5.41) is 9.69. The van der Waals surface area contributed by atoms with Gasteiger partial charge in [0.05, 0.1) is 13.7 Å². The standard InChI is InChI=1S/C21H36O3/c1-3-4-5-6-7-8-9-10-11-12-13-14-18-24-20-17-15-16-19(22)21(20)23-2/h15-17,22H,3-14,18H2,1-2H3. The number of unbranched alkanes of at least 4 members (excludes halogenated alkanes) is 11. The van der Waals surface area contributed by atoms with Crippen molar-refractivity contribution in [2.24, 2.45) is 0 Å². The second kappa shape index (κ2) is 14.0. The summed E-state index contributed by atoms with van der Waals surface area (Å²) in [6.07, 6.45) is 16.0. The molecule has 0 aliphatic heterocycles. The normalized spacial score (nSPS) is 10.8. The van der Waals surface area contributed by atoms with E-state index in [-0.39, 0.29) is 5.75 Å². The molecule has 1 N–H and O–H groups in total. The predicted molar refractivity (Wildman–Crippen MR) is 101 cm³/mol. The van der Waals surface area contributed by atoms with E-state index in [1.165, 1.54) is 70.6 Å². The molecule has 0 aliphatic rings. The van der Waals surface area contributed by atoms with Gasteiger partial charge in [0, 0.05) is 0 Å². The summed E-state index contributed by atoms with van der Waals surface area (Å²) in [6.45, 7) is 2.95. The topological polar surface area (TPSA) is 38.7 Å². The molecule has 3 nitrogen and oxygen atoms in total. The Morgan fingerprint density at radius 1 is 0.792 bits per heavy atom. The zero-order valence-electron chi connectivity index (χ0n) is 15.7. The van der Waals surface area contributed by atoms with E-state index in [0.29, 0.717) is 18.1 Å². The first kappa shape index (κ1) is 20.7. The third-order valence-electron chi connectivity index (χ3n) is 4.42. The van der Waals surface area contributed by atoms with Gasteiger partial charge in [-0.05, 0) is 18.6 Å². The number of phenols is 1. The fourth-order valence-electron chi connectivity index (χ4n) is 2.95. The van der Waals surface area contributed by atoms with Crippen LogP contribution in [0, 0.1) is 0 Å². The van der Waals surface area contributed by atoms with Crippen LogP contribution in [-0.2, 0) is 0 Å². The van der Waals surface area contributed by atoms with Crippen LogP contribution in [0.4, 0.5) is 0 Å². The molecule has 0 bridgehead atoms. The van der Waals surface area contributed by atoms with Gasteiger partial charge < -0.3 is 14.6 Å². The van der Waals surface area contributed by atoms with E-state index in [1.807, 2.05) is 6.07 Å². The van der Waals surface area contributed by atoms with Crippen molar-refractivity contribution < 1.29 is 14.6 Å². The van der Waals surface area contributed by atoms with Gasteiger partial charge in [-0.2, -0.15) is 0 Å². The Hall–Kier alpha value is -1.38. The number of methoxy groups -OCH3 is 1. The molecule has 0 aliphatic carbocycles. The molecule has 1 rings (SSSR count). The van der Waals surface area contributed by atoms with Crippen LogP contribution in [0.1, 0.15) is 84.0 Å². The molecular formula is C21H36O3. The summed E-state index contributed by atoms with van der Waals surface area (Å²) < 4.78 is 10.9. The zero-order chi connectivity index (χ0) is 17.5. The van der Waals surface area contributed by atoms with E-state index in [4.69, 9.17) is 9.47 Å². The van der Waals surface area contributed by atoms with Crippen molar-refractivity contribution in [3.05, 3.63) is 18.2 Å². The van der Waals surface area contributed by atoms with Crippen molar-refractivity contribution >= 4 is 0 Å². The minimum absolute atomic E-state index is 0.129. The second-order valence-corrected chi connectivity index (χ2v) is 6.55. The van der Waals surface area contributed by atoms with Crippen LogP contribution in [0.3, 0.4) is 0 Å². The average Bonchev–Trinajstić information content (AvgIpc) is 2.59. The minimum atomic E-state index is 0.129. The lowest BCUT2D eigenvalue weighted by Gasteiger charge is -2.11. The molecule has 0 fully saturated rings. The van der Waals surface area contributed by atoms with Crippen LogP contribution in [0.25, 0.3) is 0 Å². The maximum atomic E-state index is 9.69. The average molecular weight is 337 g/mol. The maximum Gasteiger partial charge on any atom is 0.203 e. The summed E-state index contributed by atoms with van der Waals surface area (Å²) in [4.78, 5) is 0. The number of benzene rings is 1. The third kappa shape index (κ3) is 9.05. The van der Waals surface area contributed by atoms with Crippen molar-refractivity contribution in [2.75, 3.05) is 13.7 Å². The van der Waals surface area contributed by atoms with E-state index in [2.05, 4.69) is 6.92 Å². The van der Waals surface area contributed by atoms with Gasteiger partial charge in [0.15, 0.2) is 11.5 Å². The summed E-state index contributed by atoms with van der Waals surface area (Å²) in [5.41, 5.74) is 0. The SMILES string of the molecule is CCCCCCCCCCCCCCOc1cccc(O)c1OC. The highest BCUT2D eigenvalue weighted by atomic mass is 16.5. The second-order valence-electron chi connectivity index (χ2n) is 6.55. The van der Waals surface area contributed by atoms with E-state index in [1.54, 1.807) is 19.2 Å². The highest BCUT2D eigenvalue weighted by Gasteiger charge is 2.08. The van der Waals surface area contributed by atoms with Gasteiger partial charge in [-0.25, -0.2) is 0 Å². The van der Waals surface area contributed by atoms with Crippen molar-refractivity contribution in [2.45, 2.75) is 84.0 Å². The molecule has 24 heavy (non-hydrogen) atoms. The van der Waals surface area contributed by atoms with Crippen molar-refractivity contribution in [1.29, 1.82) is 0 Å². The number of rotatable bonds is 15. The number of ether oxygens (including phenoxy) is 2. The first-order valence-electron chi connectivity index (χ1n) is 9.78. The van der Waals surface area contributed by atoms with Crippen molar-refractivity contribution in [1.82, 2.24) is 0 Å². The molecule has 0 heterocycles. The number of para-hydroxylation sites is 1. The Bertz CT molecular complexity index is 418. The van der Waals surface area contributed by atoms with Crippen LogP contribution in [-0.4, -0.2) is 18.8 Å². The monoisotopic (exact) mass is 336 g/mol. The Morgan fingerprint density at radius 3 is 1.88 bits per heavy atom. The number of phenolic OH excluding ortho intramolecular Hbond substituents is 1. The summed E-state index contributed by atoms with van der Waals surface area (Å²) >= 11 is 0. The van der Waals surface area contributed by atoms with Gasteiger partial charge in [-0.1, -0.05) is 83.6 Å². The number of aromatic hydroxyl groups is 1. The van der Waals surface area contributed by atoms with Crippen LogP contribution < -0.4 is 9.47 Å². The van der Waals surface area contributed by atoms with Crippen LogP contribution >= 0.6 is 0 Å². The molecule has 3 heteroatoms. The number of hydrogen-bond donors (Lipinski definition) is 1. The Labute approximate surface area is 148 Å². The summed E-state index contributed by atoms with van der Waals surface area (Å²) in [7, 11) is 1.55. The van der Waals surface area contributed by atoms with Crippen LogP contribution in [0.5, 0.6) is 17.2 Å². The fraction of sp³-hybridized carbons (Fsp3) is 0.714. The van der Waals surface area contributed by atoms with E-state index >= 15 is 0 Å². The largest absolute Gasteiger partial charge is 0.504 e. The molecule has 0 spiro atoms. The Balaban J connectivity index is 1.93. The molecule has 0 aromatic heterocycles. The molecule has 0 amide bonds. The molecular weight excluding hydrogens is 300 g/mol. The summed E-state index contributed by atoms with van der Waals surface area (Å²) in [5.74, 6) is 1.18. The Kier molecular flexibility index (Phi) is 12.1. The first-order valence-corrected chi connectivity index (χ1v) is 9.78. The zero-order valence-corrected chi connectivity index (χ0v) is 15.7.